The Hall–Kier alpha value is -0.770. The molecule has 110 valence electrons. The first-order valence-electron chi connectivity index (χ1n) is 6.92. The van der Waals surface area contributed by atoms with Crippen LogP contribution in [0.1, 0.15) is 31.2 Å². The zero-order chi connectivity index (χ0) is 14.5. The van der Waals surface area contributed by atoms with Crippen molar-refractivity contribution in [3.05, 3.63) is 33.8 Å². The summed E-state index contributed by atoms with van der Waals surface area (Å²) in [7, 11) is 0. The lowest BCUT2D eigenvalue weighted by atomic mass is 9.86. The van der Waals surface area contributed by atoms with E-state index >= 15 is 0 Å². The second-order valence-corrected chi connectivity index (χ2v) is 6.22. The van der Waals surface area contributed by atoms with Gasteiger partial charge in [-0.3, -0.25) is 4.79 Å². The fraction of sp³-hybridized carbons (Fsp3) is 0.533. The Morgan fingerprint density at radius 2 is 1.95 bits per heavy atom. The lowest BCUT2D eigenvalue weighted by molar-refractivity contribution is -0.121. The molecule has 0 saturated heterocycles. The first-order chi connectivity index (χ1) is 9.58. The minimum atomic E-state index is -0.0263. The molecule has 0 bridgehead atoms. The van der Waals surface area contributed by atoms with Gasteiger partial charge in [-0.2, -0.15) is 0 Å². The van der Waals surface area contributed by atoms with Crippen molar-refractivity contribution in [1.29, 1.82) is 0 Å². The second-order valence-electron chi connectivity index (χ2n) is 5.38. The van der Waals surface area contributed by atoms with Crippen LogP contribution in [0.2, 0.25) is 10.0 Å². The predicted octanol–water partition coefficient (Wildman–Crippen LogP) is 3.20. The first-order valence-corrected chi connectivity index (χ1v) is 7.68. The van der Waals surface area contributed by atoms with Crippen LogP contribution in [0, 0.1) is 5.92 Å². The number of halogens is 2. The average molecular weight is 316 g/mol. The van der Waals surface area contributed by atoms with Crippen LogP contribution in [0.15, 0.2) is 18.2 Å². The monoisotopic (exact) mass is 315 g/mol. The minimum absolute atomic E-state index is 0.0263. The summed E-state index contributed by atoms with van der Waals surface area (Å²) >= 11 is 12.0. The Morgan fingerprint density at radius 1 is 1.25 bits per heavy atom. The van der Waals surface area contributed by atoms with Crippen LogP contribution >= 0.6 is 23.2 Å². The van der Waals surface area contributed by atoms with Crippen LogP contribution in [0.25, 0.3) is 0 Å². The fourth-order valence-corrected chi connectivity index (χ4v) is 3.00. The summed E-state index contributed by atoms with van der Waals surface area (Å²) in [5.41, 5.74) is 0.751. The third-order valence-electron chi connectivity index (χ3n) is 3.83. The minimum Gasteiger partial charge on any atom is -0.396 e. The third-order valence-corrected chi connectivity index (χ3v) is 4.43. The number of carbonyl (C=O) groups excluding carboxylic acids is 1. The van der Waals surface area contributed by atoms with Crippen molar-refractivity contribution in [3.8, 4) is 0 Å². The molecule has 1 fully saturated rings. The van der Waals surface area contributed by atoms with E-state index in [0.29, 0.717) is 16.0 Å². The van der Waals surface area contributed by atoms with Crippen molar-refractivity contribution in [1.82, 2.24) is 5.32 Å². The smallest absolute Gasteiger partial charge is 0.224 e. The summed E-state index contributed by atoms with van der Waals surface area (Å²) in [6, 6.07) is 5.36. The van der Waals surface area contributed by atoms with Crippen molar-refractivity contribution in [3.63, 3.8) is 0 Å². The molecule has 1 aromatic rings. The Bertz CT molecular complexity index is 471. The van der Waals surface area contributed by atoms with Gasteiger partial charge in [-0.25, -0.2) is 0 Å². The molecular formula is C15H19Cl2NO2. The first kappa shape index (κ1) is 15.6. The fourth-order valence-electron chi connectivity index (χ4n) is 2.62. The summed E-state index contributed by atoms with van der Waals surface area (Å²) in [6.45, 7) is 0.249. The standard InChI is InChI=1S/C15H19Cl2NO2/c16-12-3-6-14(17)11(7-12)8-15(20)18-13-4-1-10(9-19)2-5-13/h3,6-7,10,13,19H,1-2,4-5,8-9H2,(H,18,20). The lowest BCUT2D eigenvalue weighted by Gasteiger charge is -2.28. The van der Waals surface area contributed by atoms with Gasteiger partial charge in [-0.1, -0.05) is 23.2 Å². The van der Waals surface area contributed by atoms with Crippen LogP contribution < -0.4 is 5.32 Å². The molecule has 0 heterocycles. The zero-order valence-corrected chi connectivity index (χ0v) is 12.8. The molecule has 2 rings (SSSR count). The summed E-state index contributed by atoms with van der Waals surface area (Å²) in [4.78, 5) is 12.0. The molecular weight excluding hydrogens is 297 g/mol. The normalized spacial score (nSPS) is 22.6. The van der Waals surface area contributed by atoms with Crippen LogP contribution in [0.5, 0.6) is 0 Å². The molecule has 0 aliphatic heterocycles. The molecule has 2 N–H and O–H groups in total. The number of hydrogen-bond donors (Lipinski definition) is 2. The zero-order valence-electron chi connectivity index (χ0n) is 11.2. The van der Waals surface area contributed by atoms with E-state index < -0.39 is 0 Å². The van der Waals surface area contributed by atoms with E-state index in [0.717, 1.165) is 31.2 Å². The Labute approximate surface area is 129 Å². The van der Waals surface area contributed by atoms with Gasteiger partial charge in [0.05, 0.1) is 6.42 Å². The van der Waals surface area contributed by atoms with E-state index in [1.165, 1.54) is 0 Å². The molecule has 3 nitrogen and oxygen atoms in total. The van der Waals surface area contributed by atoms with Gasteiger partial charge >= 0.3 is 0 Å². The van der Waals surface area contributed by atoms with E-state index in [2.05, 4.69) is 5.32 Å². The topological polar surface area (TPSA) is 49.3 Å². The lowest BCUT2D eigenvalue weighted by Crippen LogP contribution is -2.38. The van der Waals surface area contributed by atoms with Crippen molar-refractivity contribution < 1.29 is 9.90 Å². The predicted molar refractivity (Wildman–Crippen MR) is 81.1 cm³/mol. The summed E-state index contributed by atoms with van der Waals surface area (Å²) in [5, 5.41) is 13.3. The summed E-state index contributed by atoms with van der Waals surface area (Å²) < 4.78 is 0. The van der Waals surface area contributed by atoms with E-state index in [1.807, 2.05) is 0 Å². The number of aliphatic hydroxyl groups is 1. The highest BCUT2D eigenvalue weighted by Crippen LogP contribution is 2.24. The van der Waals surface area contributed by atoms with Crippen LogP contribution in [0.3, 0.4) is 0 Å². The van der Waals surface area contributed by atoms with Crippen molar-refractivity contribution in [2.45, 2.75) is 38.1 Å². The highest BCUT2D eigenvalue weighted by atomic mass is 35.5. The maximum Gasteiger partial charge on any atom is 0.224 e. The molecule has 1 aliphatic carbocycles. The Kier molecular flexibility index (Phi) is 5.70. The molecule has 5 heteroatoms. The number of rotatable bonds is 4. The van der Waals surface area contributed by atoms with Crippen LogP contribution in [-0.4, -0.2) is 23.7 Å². The van der Waals surface area contributed by atoms with Gasteiger partial charge in [-0.05, 0) is 55.4 Å². The maximum atomic E-state index is 12.0. The number of benzene rings is 1. The van der Waals surface area contributed by atoms with Gasteiger partial charge in [0, 0.05) is 22.7 Å². The molecule has 0 spiro atoms. The maximum absolute atomic E-state index is 12.0. The number of nitrogens with one attached hydrogen (secondary N) is 1. The molecule has 0 unspecified atom stereocenters. The number of aliphatic hydroxyl groups excluding tert-OH is 1. The van der Waals surface area contributed by atoms with Gasteiger partial charge in [-0.15, -0.1) is 0 Å². The van der Waals surface area contributed by atoms with Crippen molar-refractivity contribution in [2.75, 3.05) is 6.61 Å². The quantitative estimate of drug-likeness (QED) is 0.896. The van der Waals surface area contributed by atoms with Gasteiger partial charge in [0.1, 0.15) is 0 Å². The van der Waals surface area contributed by atoms with E-state index in [4.69, 9.17) is 28.3 Å². The second kappa shape index (κ2) is 7.30. The van der Waals surface area contributed by atoms with E-state index in [9.17, 15) is 4.79 Å². The highest BCUT2D eigenvalue weighted by molar-refractivity contribution is 6.33. The number of amides is 1. The van der Waals surface area contributed by atoms with Crippen molar-refractivity contribution in [2.24, 2.45) is 5.92 Å². The van der Waals surface area contributed by atoms with Gasteiger partial charge < -0.3 is 10.4 Å². The third kappa shape index (κ3) is 4.37. The Balaban J connectivity index is 1.85. The van der Waals surface area contributed by atoms with Crippen LogP contribution in [0.4, 0.5) is 0 Å². The molecule has 0 atom stereocenters. The number of carbonyl (C=O) groups is 1. The highest BCUT2D eigenvalue weighted by Gasteiger charge is 2.22. The molecule has 0 radical (unpaired) electrons. The molecule has 0 aromatic heterocycles. The summed E-state index contributed by atoms with van der Waals surface area (Å²) in [6.07, 6.45) is 4.05. The number of hydrogen-bond acceptors (Lipinski definition) is 2. The molecule has 20 heavy (non-hydrogen) atoms. The molecule has 1 saturated carbocycles. The van der Waals surface area contributed by atoms with Crippen LogP contribution in [-0.2, 0) is 11.2 Å². The van der Waals surface area contributed by atoms with E-state index in [-0.39, 0.29) is 25.0 Å². The van der Waals surface area contributed by atoms with Gasteiger partial charge in [0.15, 0.2) is 0 Å². The summed E-state index contributed by atoms with van der Waals surface area (Å²) in [5.74, 6) is 0.368. The Morgan fingerprint density at radius 3 is 2.60 bits per heavy atom. The molecule has 1 aliphatic rings. The molecule has 1 amide bonds. The van der Waals surface area contributed by atoms with E-state index in [1.54, 1.807) is 18.2 Å². The van der Waals surface area contributed by atoms with Gasteiger partial charge in [0.25, 0.3) is 0 Å². The average Bonchev–Trinajstić information content (AvgIpc) is 2.43. The van der Waals surface area contributed by atoms with Crippen molar-refractivity contribution >= 4 is 29.1 Å². The molecule has 1 aromatic carbocycles. The SMILES string of the molecule is O=C(Cc1cc(Cl)ccc1Cl)NC1CCC(CO)CC1. The largest absolute Gasteiger partial charge is 0.396 e. The van der Waals surface area contributed by atoms with Gasteiger partial charge in [0.2, 0.25) is 5.91 Å².